The molecule has 0 aromatic carbocycles. The minimum absolute atomic E-state index is 0.0122. The summed E-state index contributed by atoms with van der Waals surface area (Å²) in [6, 6.07) is 0. The molecule has 1 amide bonds. The monoisotopic (exact) mass is 519 g/mol. The van der Waals surface area contributed by atoms with Gasteiger partial charge in [-0.1, -0.05) is 41.0 Å². The van der Waals surface area contributed by atoms with Crippen LogP contribution in [-0.4, -0.2) is 44.8 Å². The average molecular weight is 520 g/mol. The molecule has 3 aliphatic carbocycles. The van der Waals surface area contributed by atoms with Crippen molar-refractivity contribution in [2.75, 3.05) is 13.2 Å². The second-order valence-electron chi connectivity index (χ2n) is 13.9. The Morgan fingerprint density at radius 1 is 1.06 bits per heavy atom. The van der Waals surface area contributed by atoms with Crippen molar-refractivity contribution in [2.45, 2.75) is 116 Å². The standard InChI is InChI=1S/C27H48F3NO3Si/c1-24(2,3)35(6,7)34-17-18-15-19(32)10-14-26(18,5)22-11-13-25(4)12-8-9-21(25)20(22)16-31-23(33)27(28,29)30/h18-22,32H,8-17H2,1-7H3,(H,31,33)/t18-,19+,20+,21+,22+,25+,26+/m1/s1. The van der Waals surface area contributed by atoms with Gasteiger partial charge in [-0.3, -0.25) is 4.79 Å². The van der Waals surface area contributed by atoms with Gasteiger partial charge in [-0.2, -0.15) is 13.2 Å². The summed E-state index contributed by atoms with van der Waals surface area (Å²) in [7, 11) is -1.99. The second-order valence-corrected chi connectivity index (χ2v) is 18.7. The maximum Gasteiger partial charge on any atom is 0.471 e. The van der Waals surface area contributed by atoms with Gasteiger partial charge in [0.2, 0.25) is 0 Å². The van der Waals surface area contributed by atoms with E-state index in [1.165, 1.54) is 0 Å². The van der Waals surface area contributed by atoms with E-state index in [0.717, 1.165) is 38.5 Å². The number of carbonyl (C=O) groups is 1. The van der Waals surface area contributed by atoms with Gasteiger partial charge in [0.1, 0.15) is 0 Å². The smallest absolute Gasteiger partial charge is 0.417 e. The van der Waals surface area contributed by atoms with Crippen LogP contribution in [0, 0.1) is 34.5 Å². The van der Waals surface area contributed by atoms with Crippen molar-refractivity contribution in [3.05, 3.63) is 0 Å². The van der Waals surface area contributed by atoms with Crippen LogP contribution in [0.4, 0.5) is 13.2 Å². The fraction of sp³-hybridized carbons (Fsp3) is 0.963. The van der Waals surface area contributed by atoms with Crippen molar-refractivity contribution in [3.63, 3.8) is 0 Å². The number of rotatable bonds is 6. The zero-order valence-electron chi connectivity index (χ0n) is 22.9. The molecule has 3 aliphatic rings. The Morgan fingerprint density at radius 3 is 2.31 bits per heavy atom. The molecule has 3 fully saturated rings. The number of halogens is 3. The average Bonchev–Trinajstić information content (AvgIpc) is 3.12. The summed E-state index contributed by atoms with van der Waals surface area (Å²) < 4.78 is 45.8. The quantitative estimate of drug-likeness (QED) is 0.385. The lowest BCUT2D eigenvalue weighted by molar-refractivity contribution is -0.174. The first-order chi connectivity index (χ1) is 15.9. The summed E-state index contributed by atoms with van der Waals surface area (Å²) in [5, 5.41) is 12.9. The SMILES string of the molecule is CC(C)(C)[Si](C)(C)OC[C@H]1C[C@@H](O)CC[C@]1(C)[C@H]1CC[C@]2(C)CCC[C@H]2[C@@H]1CNC(=O)C(F)(F)F. The zero-order valence-corrected chi connectivity index (χ0v) is 23.9. The molecule has 0 bridgehead atoms. The summed E-state index contributed by atoms with van der Waals surface area (Å²) in [5.74, 6) is -1.15. The number of fused-ring (bicyclic) bond motifs is 1. The van der Waals surface area contributed by atoms with Gasteiger partial charge in [-0.25, -0.2) is 0 Å². The Bertz CT molecular complexity index is 768. The number of nitrogens with one attached hydrogen (secondary N) is 1. The highest BCUT2D eigenvalue weighted by Crippen LogP contribution is 2.62. The third-order valence-electron chi connectivity index (χ3n) is 10.8. The third kappa shape index (κ3) is 5.95. The van der Waals surface area contributed by atoms with Gasteiger partial charge < -0.3 is 14.8 Å². The summed E-state index contributed by atoms with van der Waals surface area (Å²) in [6.07, 6.45) is 2.29. The number of hydrogen-bond acceptors (Lipinski definition) is 3. The lowest BCUT2D eigenvalue weighted by atomic mass is 9.49. The first kappa shape index (κ1) is 29.0. The second kappa shape index (κ2) is 9.94. The molecule has 0 radical (unpaired) electrons. The van der Waals surface area contributed by atoms with E-state index in [0.29, 0.717) is 25.4 Å². The van der Waals surface area contributed by atoms with Crippen LogP contribution in [0.2, 0.25) is 18.1 Å². The van der Waals surface area contributed by atoms with E-state index in [9.17, 15) is 23.1 Å². The van der Waals surface area contributed by atoms with Gasteiger partial charge in [0, 0.05) is 13.2 Å². The molecule has 35 heavy (non-hydrogen) atoms. The van der Waals surface area contributed by atoms with Crippen LogP contribution in [0.3, 0.4) is 0 Å². The van der Waals surface area contributed by atoms with Gasteiger partial charge in [0.05, 0.1) is 6.10 Å². The number of carbonyl (C=O) groups excluding carboxylic acids is 1. The number of aliphatic hydroxyl groups is 1. The van der Waals surface area contributed by atoms with Crippen LogP contribution >= 0.6 is 0 Å². The fourth-order valence-corrected chi connectivity index (χ4v) is 8.41. The molecule has 0 aromatic rings. The normalized spacial score (nSPS) is 38.8. The minimum Gasteiger partial charge on any atom is -0.417 e. The van der Waals surface area contributed by atoms with Crippen LogP contribution in [0.15, 0.2) is 0 Å². The molecule has 0 unspecified atom stereocenters. The summed E-state index contributed by atoms with van der Waals surface area (Å²) in [4.78, 5) is 11.8. The molecule has 0 spiro atoms. The summed E-state index contributed by atoms with van der Waals surface area (Å²) in [6.45, 7) is 16.4. The van der Waals surface area contributed by atoms with Crippen molar-refractivity contribution in [3.8, 4) is 0 Å². The molecule has 0 heterocycles. The Labute approximate surface area is 211 Å². The first-order valence-corrected chi connectivity index (χ1v) is 16.5. The molecular weight excluding hydrogens is 471 g/mol. The van der Waals surface area contributed by atoms with Crippen molar-refractivity contribution in [1.29, 1.82) is 0 Å². The van der Waals surface area contributed by atoms with Gasteiger partial charge in [-0.15, -0.1) is 0 Å². The molecule has 0 saturated heterocycles. The predicted octanol–water partition coefficient (Wildman–Crippen LogP) is 6.69. The topological polar surface area (TPSA) is 58.6 Å². The highest BCUT2D eigenvalue weighted by atomic mass is 28.4. The Hall–Kier alpha value is -0.603. The van der Waals surface area contributed by atoms with Crippen LogP contribution in [0.1, 0.15) is 86.0 Å². The Morgan fingerprint density at radius 2 is 1.71 bits per heavy atom. The first-order valence-electron chi connectivity index (χ1n) is 13.6. The van der Waals surface area contributed by atoms with Crippen LogP contribution < -0.4 is 5.32 Å². The van der Waals surface area contributed by atoms with Gasteiger partial charge in [0.15, 0.2) is 8.32 Å². The van der Waals surface area contributed by atoms with E-state index in [-0.39, 0.29) is 46.3 Å². The maximum atomic E-state index is 13.0. The van der Waals surface area contributed by atoms with E-state index < -0.39 is 20.4 Å². The van der Waals surface area contributed by atoms with Crippen molar-refractivity contribution in [2.24, 2.45) is 34.5 Å². The van der Waals surface area contributed by atoms with E-state index in [2.05, 4.69) is 53.0 Å². The molecule has 8 heteroatoms. The Balaban J connectivity index is 1.88. The van der Waals surface area contributed by atoms with Gasteiger partial charge >= 0.3 is 12.1 Å². The van der Waals surface area contributed by atoms with Crippen molar-refractivity contribution < 1.29 is 27.5 Å². The van der Waals surface area contributed by atoms with E-state index in [1.807, 2.05) is 0 Å². The lowest BCUT2D eigenvalue weighted by Crippen LogP contribution is -2.55. The summed E-state index contributed by atoms with van der Waals surface area (Å²) in [5.41, 5.74) is 0.000937. The van der Waals surface area contributed by atoms with Crippen molar-refractivity contribution in [1.82, 2.24) is 5.32 Å². The van der Waals surface area contributed by atoms with Crippen molar-refractivity contribution >= 4 is 14.2 Å². The zero-order chi connectivity index (χ0) is 26.4. The molecular formula is C27H48F3NO3Si. The van der Waals surface area contributed by atoms with Gasteiger partial charge in [-0.05, 0) is 97.6 Å². The molecule has 204 valence electrons. The number of alkyl halides is 3. The number of hydrogen-bond donors (Lipinski definition) is 2. The largest absolute Gasteiger partial charge is 0.471 e. The molecule has 4 nitrogen and oxygen atoms in total. The molecule has 3 rings (SSSR count). The molecule has 0 aliphatic heterocycles. The van der Waals surface area contributed by atoms with E-state index >= 15 is 0 Å². The summed E-state index contributed by atoms with van der Waals surface area (Å²) >= 11 is 0. The molecule has 2 N–H and O–H groups in total. The highest BCUT2D eigenvalue weighted by molar-refractivity contribution is 6.74. The highest BCUT2D eigenvalue weighted by Gasteiger charge is 2.56. The molecule has 7 atom stereocenters. The molecule has 0 aromatic heterocycles. The Kier molecular flexibility index (Phi) is 8.22. The van der Waals surface area contributed by atoms with Crippen LogP contribution in [0.25, 0.3) is 0 Å². The van der Waals surface area contributed by atoms with E-state index in [4.69, 9.17) is 4.43 Å². The van der Waals surface area contributed by atoms with E-state index in [1.54, 1.807) is 0 Å². The van der Waals surface area contributed by atoms with Crippen LogP contribution in [-0.2, 0) is 9.22 Å². The van der Waals surface area contributed by atoms with Crippen LogP contribution in [0.5, 0.6) is 0 Å². The lowest BCUT2D eigenvalue weighted by Gasteiger charge is -2.57. The number of aliphatic hydroxyl groups excluding tert-OH is 1. The number of amides is 1. The minimum atomic E-state index is -4.86. The fourth-order valence-electron chi connectivity index (χ4n) is 7.36. The third-order valence-corrected chi connectivity index (χ3v) is 15.3. The van der Waals surface area contributed by atoms with Gasteiger partial charge in [0.25, 0.3) is 0 Å². The molecule has 3 saturated carbocycles. The maximum absolute atomic E-state index is 13.0. The predicted molar refractivity (Wildman–Crippen MR) is 135 cm³/mol.